The van der Waals surface area contributed by atoms with Gasteiger partial charge in [-0.05, 0) is 81.5 Å². The molecular formula is C32H43ClN10O4. The number of benzene rings is 1. The molecule has 1 saturated carbocycles. The molecule has 252 valence electrons. The van der Waals surface area contributed by atoms with Crippen molar-refractivity contribution in [3.8, 4) is 22.8 Å². The average Bonchev–Trinajstić information content (AvgIpc) is 3.71. The standard InChI is InChI=1S/C32H43ClN10O4/c1-20(44)18-45-31-29(17-43(38-31)27-8-6-26(7-9-27)41-14-21(2)46-22(3)15-41)37-32-34-12-25(13-35-32)24-5-10-28(33)30(11-24)47-23(4)16-42-19-36-39-40-42/h5,10-13,17,19-23,26-27,44H,6-9,14-16,18H2,1-4H3,(H,34,35,37)/t20?,21-,22+,23?,26?,27?. The van der Waals surface area contributed by atoms with Gasteiger partial charge in [-0.25, -0.2) is 14.6 Å². The molecule has 3 aromatic heterocycles. The summed E-state index contributed by atoms with van der Waals surface area (Å²) in [5, 5.41) is 29.6. The number of nitrogens with zero attached hydrogens (tertiary/aromatic N) is 9. The van der Waals surface area contributed by atoms with Crippen molar-refractivity contribution < 1.29 is 19.3 Å². The van der Waals surface area contributed by atoms with Crippen molar-refractivity contribution in [2.45, 2.75) is 96.4 Å². The Bertz CT molecular complexity index is 1570. The van der Waals surface area contributed by atoms with E-state index in [4.69, 9.17) is 30.9 Å². The zero-order valence-corrected chi connectivity index (χ0v) is 28.0. The van der Waals surface area contributed by atoms with Crippen molar-refractivity contribution >= 4 is 23.2 Å². The quantitative estimate of drug-likeness (QED) is 0.218. The molecule has 14 nitrogen and oxygen atoms in total. The molecule has 2 aliphatic rings. The molecule has 1 aromatic carbocycles. The van der Waals surface area contributed by atoms with Gasteiger partial charge >= 0.3 is 0 Å². The zero-order chi connectivity index (χ0) is 32.9. The van der Waals surface area contributed by atoms with E-state index in [1.807, 2.05) is 29.9 Å². The molecule has 6 rings (SSSR count). The van der Waals surface area contributed by atoms with Crippen LogP contribution in [0, 0.1) is 0 Å². The van der Waals surface area contributed by atoms with Gasteiger partial charge in [0, 0.05) is 37.1 Å². The van der Waals surface area contributed by atoms with Gasteiger partial charge in [-0.3, -0.25) is 9.58 Å². The number of aliphatic hydroxyl groups is 1. The predicted octanol–water partition coefficient (Wildman–Crippen LogP) is 4.54. The average molecular weight is 667 g/mol. The second-order valence-electron chi connectivity index (χ2n) is 12.7. The normalized spacial score (nSPS) is 23.3. The molecule has 4 atom stereocenters. The first-order chi connectivity index (χ1) is 22.7. The maximum absolute atomic E-state index is 9.88. The summed E-state index contributed by atoms with van der Waals surface area (Å²) >= 11 is 6.44. The van der Waals surface area contributed by atoms with E-state index in [0.717, 1.165) is 49.9 Å². The second kappa shape index (κ2) is 14.9. The highest BCUT2D eigenvalue weighted by Crippen LogP contribution is 2.36. The second-order valence-corrected chi connectivity index (χ2v) is 13.1. The Balaban J connectivity index is 1.11. The number of ether oxygens (including phenoxy) is 3. The number of aliphatic hydroxyl groups excluding tert-OH is 1. The molecule has 0 radical (unpaired) electrons. The van der Waals surface area contributed by atoms with E-state index < -0.39 is 6.10 Å². The van der Waals surface area contributed by atoms with Gasteiger partial charge in [0.05, 0.1) is 42.1 Å². The van der Waals surface area contributed by atoms with Gasteiger partial charge < -0.3 is 24.6 Å². The highest BCUT2D eigenvalue weighted by molar-refractivity contribution is 6.32. The summed E-state index contributed by atoms with van der Waals surface area (Å²) in [6, 6.07) is 6.37. The lowest BCUT2D eigenvalue weighted by atomic mass is 9.89. The van der Waals surface area contributed by atoms with Gasteiger partial charge in [-0.2, -0.15) is 0 Å². The van der Waals surface area contributed by atoms with Gasteiger partial charge in [0.25, 0.3) is 5.88 Å². The summed E-state index contributed by atoms with van der Waals surface area (Å²) in [5.41, 5.74) is 2.30. The molecule has 0 spiro atoms. The number of anilines is 2. The molecule has 47 heavy (non-hydrogen) atoms. The fourth-order valence-electron chi connectivity index (χ4n) is 6.37. The lowest BCUT2D eigenvalue weighted by Gasteiger charge is -2.42. The summed E-state index contributed by atoms with van der Waals surface area (Å²) in [5.74, 6) is 1.35. The Morgan fingerprint density at radius 2 is 1.77 bits per heavy atom. The Kier molecular flexibility index (Phi) is 10.5. The van der Waals surface area contributed by atoms with Crippen LogP contribution in [-0.4, -0.2) is 100 Å². The summed E-state index contributed by atoms with van der Waals surface area (Å²) in [6.45, 7) is 10.5. The maximum atomic E-state index is 9.88. The number of nitrogens with one attached hydrogen (secondary N) is 1. The molecule has 4 aromatic rings. The first-order valence-corrected chi connectivity index (χ1v) is 16.6. The number of rotatable bonds is 12. The van der Waals surface area contributed by atoms with Gasteiger partial charge in [0.15, 0.2) is 0 Å². The fraction of sp³-hybridized carbons (Fsp3) is 0.562. The lowest BCUT2D eigenvalue weighted by Crippen LogP contribution is -2.51. The van der Waals surface area contributed by atoms with Gasteiger partial charge in [-0.1, -0.05) is 17.7 Å². The number of hydrogen-bond acceptors (Lipinski definition) is 12. The molecular weight excluding hydrogens is 624 g/mol. The van der Waals surface area contributed by atoms with E-state index in [-0.39, 0.29) is 31.0 Å². The molecule has 0 bridgehead atoms. The van der Waals surface area contributed by atoms with E-state index in [1.54, 1.807) is 30.1 Å². The smallest absolute Gasteiger partial charge is 0.257 e. The van der Waals surface area contributed by atoms with Crippen LogP contribution >= 0.6 is 11.6 Å². The highest BCUT2D eigenvalue weighted by atomic mass is 35.5. The van der Waals surface area contributed by atoms with Crippen LogP contribution in [0.15, 0.2) is 43.1 Å². The lowest BCUT2D eigenvalue weighted by molar-refractivity contribution is -0.0852. The van der Waals surface area contributed by atoms with Crippen LogP contribution in [0.2, 0.25) is 5.02 Å². The molecule has 2 unspecified atom stereocenters. The van der Waals surface area contributed by atoms with Crippen LogP contribution in [0.25, 0.3) is 11.1 Å². The monoisotopic (exact) mass is 666 g/mol. The molecule has 2 fully saturated rings. The minimum absolute atomic E-state index is 0.126. The highest BCUT2D eigenvalue weighted by Gasteiger charge is 2.32. The largest absolute Gasteiger partial charge is 0.487 e. The number of hydrogen-bond donors (Lipinski definition) is 2. The zero-order valence-electron chi connectivity index (χ0n) is 27.2. The summed E-state index contributed by atoms with van der Waals surface area (Å²) < 4.78 is 21.5. The van der Waals surface area contributed by atoms with Crippen molar-refractivity contribution in [1.82, 2.24) is 44.9 Å². The van der Waals surface area contributed by atoms with E-state index in [0.29, 0.717) is 40.9 Å². The van der Waals surface area contributed by atoms with Crippen LogP contribution in [0.3, 0.4) is 0 Å². The summed E-state index contributed by atoms with van der Waals surface area (Å²) in [6.07, 6.45) is 10.9. The first kappa shape index (κ1) is 33.1. The number of tetrazole rings is 1. The van der Waals surface area contributed by atoms with Crippen LogP contribution < -0.4 is 14.8 Å². The molecule has 0 amide bonds. The molecule has 1 saturated heterocycles. The predicted molar refractivity (Wildman–Crippen MR) is 176 cm³/mol. The van der Waals surface area contributed by atoms with Gasteiger partial charge in [0.2, 0.25) is 5.95 Å². The SMILES string of the molecule is CC(O)COc1nn(C2CCC(N3C[C@@H](C)O[C@@H](C)C3)CC2)cc1Nc1ncc(-c2ccc(Cl)c(OC(C)Cn3cnnn3)c2)cn1. The number of morpholine rings is 1. The Hall–Kier alpha value is -3.85. The Labute approximate surface area is 279 Å². The third kappa shape index (κ3) is 8.55. The number of halogens is 1. The van der Waals surface area contributed by atoms with Crippen molar-refractivity contribution in [3.05, 3.63) is 48.1 Å². The van der Waals surface area contributed by atoms with Crippen molar-refractivity contribution in [1.29, 1.82) is 0 Å². The minimum Gasteiger partial charge on any atom is -0.487 e. The Morgan fingerprint density at radius 3 is 2.45 bits per heavy atom. The van der Waals surface area contributed by atoms with Crippen LogP contribution in [0.1, 0.15) is 59.4 Å². The topological polar surface area (TPSA) is 150 Å². The van der Waals surface area contributed by atoms with Crippen molar-refractivity contribution in [3.63, 3.8) is 0 Å². The van der Waals surface area contributed by atoms with E-state index >= 15 is 0 Å². The summed E-state index contributed by atoms with van der Waals surface area (Å²) in [7, 11) is 0. The molecule has 2 N–H and O–H groups in total. The van der Waals surface area contributed by atoms with Gasteiger partial charge in [-0.15, -0.1) is 10.2 Å². The van der Waals surface area contributed by atoms with Crippen LogP contribution in [0.4, 0.5) is 11.6 Å². The van der Waals surface area contributed by atoms with E-state index in [2.05, 4.69) is 49.6 Å². The first-order valence-electron chi connectivity index (χ1n) is 16.3. The Morgan fingerprint density at radius 1 is 1.04 bits per heavy atom. The van der Waals surface area contributed by atoms with Crippen LogP contribution in [0.5, 0.6) is 11.6 Å². The minimum atomic E-state index is -0.631. The van der Waals surface area contributed by atoms with Crippen LogP contribution in [-0.2, 0) is 11.3 Å². The van der Waals surface area contributed by atoms with Crippen molar-refractivity contribution in [2.75, 3.05) is 25.0 Å². The number of aromatic nitrogens is 8. The van der Waals surface area contributed by atoms with E-state index in [1.165, 1.54) is 6.33 Å². The third-order valence-corrected chi connectivity index (χ3v) is 8.80. The van der Waals surface area contributed by atoms with Crippen molar-refractivity contribution in [2.24, 2.45) is 0 Å². The third-order valence-electron chi connectivity index (χ3n) is 8.49. The molecule has 15 heteroatoms. The van der Waals surface area contributed by atoms with E-state index in [9.17, 15) is 5.11 Å². The molecule has 4 heterocycles. The molecule has 1 aliphatic heterocycles. The van der Waals surface area contributed by atoms with Gasteiger partial charge in [0.1, 0.15) is 30.5 Å². The summed E-state index contributed by atoms with van der Waals surface area (Å²) in [4.78, 5) is 11.7. The maximum Gasteiger partial charge on any atom is 0.257 e. The molecule has 1 aliphatic carbocycles. The fourth-order valence-corrected chi connectivity index (χ4v) is 6.54.